The van der Waals surface area contributed by atoms with Crippen LogP contribution in [0.5, 0.6) is 0 Å². The number of rotatable bonds is 5. The van der Waals surface area contributed by atoms with Gasteiger partial charge in [-0.2, -0.15) is 4.98 Å². The van der Waals surface area contributed by atoms with Crippen molar-refractivity contribution in [2.75, 3.05) is 44.2 Å². The van der Waals surface area contributed by atoms with Gasteiger partial charge in [-0.25, -0.2) is 0 Å². The highest BCUT2D eigenvalue weighted by molar-refractivity contribution is 9.10. The molecule has 0 radical (unpaired) electrons. The minimum Gasteiger partial charge on any atom is -0.368 e. The highest BCUT2D eigenvalue weighted by Crippen LogP contribution is 2.25. The zero-order valence-corrected chi connectivity index (χ0v) is 21.2. The zero-order chi connectivity index (χ0) is 23.5. The summed E-state index contributed by atoms with van der Waals surface area (Å²) < 4.78 is 6.46. The van der Waals surface area contributed by atoms with Gasteiger partial charge in [-0.1, -0.05) is 50.9 Å². The van der Waals surface area contributed by atoms with Gasteiger partial charge in [0.2, 0.25) is 17.6 Å². The molecule has 0 spiro atoms. The van der Waals surface area contributed by atoms with E-state index in [-0.39, 0.29) is 5.92 Å². The lowest BCUT2D eigenvalue weighted by Crippen LogP contribution is -2.51. The van der Waals surface area contributed by atoms with Gasteiger partial charge in [0.05, 0.1) is 6.54 Å². The van der Waals surface area contributed by atoms with Crippen molar-refractivity contribution in [1.29, 1.82) is 0 Å². The Morgan fingerprint density at radius 1 is 1.03 bits per heavy atom. The van der Waals surface area contributed by atoms with E-state index in [1.165, 1.54) is 0 Å². The normalized spacial score (nSPS) is 17.8. The van der Waals surface area contributed by atoms with Crippen molar-refractivity contribution < 1.29 is 9.32 Å². The summed E-state index contributed by atoms with van der Waals surface area (Å²) in [6.45, 7) is 5.50. The van der Waals surface area contributed by atoms with Crippen LogP contribution in [0.25, 0.3) is 11.4 Å². The Balaban J connectivity index is 1.09. The van der Waals surface area contributed by atoms with Gasteiger partial charge >= 0.3 is 0 Å². The van der Waals surface area contributed by atoms with Crippen LogP contribution in [0, 0.1) is 5.92 Å². The van der Waals surface area contributed by atoms with Crippen LogP contribution in [0.2, 0.25) is 5.02 Å². The second-order valence-corrected chi connectivity index (χ2v) is 10.2. The van der Waals surface area contributed by atoms with E-state index in [4.69, 9.17) is 16.1 Å². The maximum Gasteiger partial charge on any atom is 0.241 e. The summed E-state index contributed by atoms with van der Waals surface area (Å²) in [6.07, 6.45) is 1.72. The number of nitrogens with zero attached hydrogens (tertiary/aromatic N) is 5. The molecule has 7 nitrogen and oxygen atoms in total. The number of piperazine rings is 1. The van der Waals surface area contributed by atoms with Crippen LogP contribution in [0.1, 0.15) is 18.7 Å². The molecule has 2 aliphatic rings. The van der Waals surface area contributed by atoms with Gasteiger partial charge in [0.25, 0.3) is 0 Å². The van der Waals surface area contributed by atoms with Crippen molar-refractivity contribution in [3.05, 3.63) is 63.9 Å². The summed E-state index contributed by atoms with van der Waals surface area (Å²) in [7, 11) is 0. The standard InChI is InChI=1S/C25H27BrClN5O2/c26-20-4-1-3-19(15-20)24-28-23(34-29-24)17-30-9-7-18(8-10-30)25(33)32-13-11-31(12-14-32)22-6-2-5-21(27)16-22/h1-6,15-16,18H,7-14,17H2. The van der Waals surface area contributed by atoms with Crippen LogP contribution < -0.4 is 4.90 Å². The highest BCUT2D eigenvalue weighted by atomic mass is 79.9. The number of halogens is 2. The lowest BCUT2D eigenvalue weighted by Gasteiger charge is -2.39. The van der Waals surface area contributed by atoms with Crippen LogP contribution in [-0.4, -0.2) is 65.1 Å². The van der Waals surface area contributed by atoms with Gasteiger partial charge in [0.15, 0.2) is 0 Å². The third-order valence-electron chi connectivity index (χ3n) is 6.61. The molecule has 1 aromatic heterocycles. The molecular weight excluding hydrogens is 518 g/mol. The summed E-state index contributed by atoms with van der Waals surface area (Å²) in [5, 5.41) is 4.87. The number of carbonyl (C=O) groups excluding carboxylic acids is 1. The van der Waals surface area contributed by atoms with Crippen LogP contribution in [0.3, 0.4) is 0 Å². The van der Waals surface area contributed by atoms with E-state index in [1.807, 2.05) is 47.4 Å². The number of amides is 1. The number of hydrogen-bond acceptors (Lipinski definition) is 6. The van der Waals surface area contributed by atoms with Gasteiger partial charge in [0.1, 0.15) is 0 Å². The van der Waals surface area contributed by atoms with Gasteiger partial charge < -0.3 is 14.3 Å². The molecule has 34 heavy (non-hydrogen) atoms. The molecule has 5 rings (SSSR count). The van der Waals surface area contributed by atoms with Crippen molar-refractivity contribution in [3.63, 3.8) is 0 Å². The second-order valence-electron chi connectivity index (χ2n) is 8.86. The fraction of sp³-hybridized carbons (Fsp3) is 0.400. The SMILES string of the molecule is O=C(C1CCN(Cc2nc(-c3cccc(Br)c3)no2)CC1)N1CCN(c2cccc(Cl)c2)CC1. The van der Waals surface area contributed by atoms with E-state index in [0.29, 0.717) is 24.2 Å². The Hall–Kier alpha value is -2.42. The molecule has 2 saturated heterocycles. The predicted molar refractivity (Wildman–Crippen MR) is 136 cm³/mol. The number of likely N-dealkylation sites (tertiary alicyclic amines) is 1. The van der Waals surface area contributed by atoms with E-state index in [1.54, 1.807) is 0 Å². The molecule has 0 bridgehead atoms. The highest BCUT2D eigenvalue weighted by Gasteiger charge is 2.31. The van der Waals surface area contributed by atoms with E-state index in [9.17, 15) is 4.79 Å². The first-order valence-electron chi connectivity index (χ1n) is 11.7. The number of piperidine rings is 1. The third kappa shape index (κ3) is 5.45. The molecule has 0 N–H and O–H groups in total. The molecule has 0 saturated carbocycles. The smallest absolute Gasteiger partial charge is 0.241 e. The molecule has 0 atom stereocenters. The fourth-order valence-electron chi connectivity index (χ4n) is 4.71. The van der Waals surface area contributed by atoms with Crippen LogP contribution in [0.15, 0.2) is 57.5 Å². The minimum atomic E-state index is 0.0916. The number of carbonyl (C=O) groups is 1. The molecule has 9 heteroatoms. The van der Waals surface area contributed by atoms with Crippen molar-refractivity contribution in [1.82, 2.24) is 19.9 Å². The van der Waals surface area contributed by atoms with Crippen molar-refractivity contribution in [2.24, 2.45) is 5.92 Å². The quantitative estimate of drug-likeness (QED) is 0.463. The first-order chi connectivity index (χ1) is 16.5. The molecule has 0 aliphatic carbocycles. The third-order valence-corrected chi connectivity index (χ3v) is 7.34. The van der Waals surface area contributed by atoms with Crippen LogP contribution >= 0.6 is 27.5 Å². The summed E-state index contributed by atoms with van der Waals surface area (Å²) >= 11 is 9.61. The molecule has 3 aromatic rings. The molecule has 3 heterocycles. The summed E-state index contributed by atoms with van der Waals surface area (Å²) in [5.74, 6) is 1.59. The number of benzene rings is 2. The van der Waals surface area contributed by atoms with E-state index < -0.39 is 0 Å². The van der Waals surface area contributed by atoms with Gasteiger partial charge in [-0.05, 0) is 56.3 Å². The lowest BCUT2D eigenvalue weighted by atomic mass is 9.95. The van der Waals surface area contributed by atoms with Crippen LogP contribution in [0.4, 0.5) is 5.69 Å². The molecule has 2 aliphatic heterocycles. The average molecular weight is 545 g/mol. The predicted octanol–water partition coefficient (Wildman–Crippen LogP) is 4.71. The Labute approximate surface area is 212 Å². The Morgan fingerprint density at radius 2 is 1.79 bits per heavy atom. The first kappa shape index (κ1) is 23.3. The molecule has 178 valence electrons. The maximum absolute atomic E-state index is 13.1. The fourth-order valence-corrected chi connectivity index (χ4v) is 5.29. The van der Waals surface area contributed by atoms with E-state index >= 15 is 0 Å². The average Bonchev–Trinajstić information content (AvgIpc) is 3.33. The molecule has 0 unspecified atom stereocenters. The van der Waals surface area contributed by atoms with Gasteiger partial charge in [0, 0.05) is 52.8 Å². The van der Waals surface area contributed by atoms with Crippen LogP contribution in [-0.2, 0) is 11.3 Å². The van der Waals surface area contributed by atoms with E-state index in [2.05, 4.69) is 41.9 Å². The molecular formula is C25H27BrClN5O2. The van der Waals surface area contributed by atoms with Crippen molar-refractivity contribution in [3.8, 4) is 11.4 Å². The number of anilines is 1. The van der Waals surface area contributed by atoms with Gasteiger partial charge in [-0.15, -0.1) is 0 Å². The van der Waals surface area contributed by atoms with Crippen molar-refractivity contribution in [2.45, 2.75) is 19.4 Å². The zero-order valence-electron chi connectivity index (χ0n) is 18.9. The maximum atomic E-state index is 13.1. The molecule has 2 aromatic carbocycles. The second kappa shape index (κ2) is 10.5. The van der Waals surface area contributed by atoms with Crippen molar-refractivity contribution >= 4 is 39.1 Å². The first-order valence-corrected chi connectivity index (χ1v) is 12.8. The molecule has 1 amide bonds. The number of hydrogen-bond donors (Lipinski definition) is 0. The monoisotopic (exact) mass is 543 g/mol. The summed E-state index contributed by atoms with van der Waals surface area (Å²) in [6, 6.07) is 15.8. The molecule has 2 fully saturated rings. The Kier molecular flexibility index (Phi) is 7.18. The Bertz CT molecular complexity index is 1140. The largest absolute Gasteiger partial charge is 0.368 e. The summed E-state index contributed by atoms with van der Waals surface area (Å²) in [4.78, 5) is 24.3. The topological polar surface area (TPSA) is 65.7 Å². The Morgan fingerprint density at radius 3 is 2.53 bits per heavy atom. The number of aromatic nitrogens is 2. The minimum absolute atomic E-state index is 0.0916. The lowest BCUT2D eigenvalue weighted by molar-refractivity contribution is -0.137. The summed E-state index contributed by atoms with van der Waals surface area (Å²) in [5.41, 5.74) is 2.04. The van der Waals surface area contributed by atoms with Gasteiger partial charge in [-0.3, -0.25) is 9.69 Å². The van der Waals surface area contributed by atoms with E-state index in [0.717, 1.165) is 72.9 Å².